The smallest absolute Gasteiger partial charge is 0.345 e. The first-order chi connectivity index (χ1) is 16.9. The van der Waals surface area contributed by atoms with Crippen molar-refractivity contribution in [2.24, 2.45) is 0 Å². The van der Waals surface area contributed by atoms with E-state index in [4.69, 9.17) is 0 Å². The van der Waals surface area contributed by atoms with Crippen LogP contribution in [0.1, 0.15) is 40.1 Å². The molecule has 1 heterocycles. The number of nitrogens with zero attached hydrogens (tertiary/aromatic N) is 2. The van der Waals surface area contributed by atoms with E-state index in [2.05, 4.69) is 15.1 Å². The summed E-state index contributed by atoms with van der Waals surface area (Å²) in [6.45, 7) is 3.40. The molecule has 2 unspecified atom stereocenters. The van der Waals surface area contributed by atoms with E-state index in [1.807, 2.05) is 0 Å². The van der Waals surface area contributed by atoms with Gasteiger partial charge in [-0.15, -0.1) is 0 Å². The molecule has 2 N–H and O–H groups in total. The summed E-state index contributed by atoms with van der Waals surface area (Å²) in [4.78, 5) is 12.9. The first-order valence-electron chi connectivity index (χ1n) is 10.9. The highest BCUT2D eigenvalue weighted by Gasteiger charge is 2.35. The van der Waals surface area contributed by atoms with E-state index in [9.17, 15) is 26.6 Å². The van der Waals surface area contributed by atoms with Crippen molar-refractivity contribution in [3.8, 4) is 5.69 Å². The summed E-state index contributed by atoms with van der Waals surface area (Å²) < 4.78 is 69.3. The minimum atomic E-state index is -4.55. The second-order valence-electron chi connectivity index (χ2n) is 8.37. The molecule has 0 fully saturated rings. The number of hydrogen-bond donors (Lipinski definition) is 2. The third kappa shape index (κ3) is 5.25. The molecule has 0 saturated heterocycles. The summed E-state index contributed by atoms with van der Waals surface area (Å²) in [5.74, 6) is -0.980. The molecule has 0 aliphatic rings. The first kappa shape index (κ1) is 25.4. The van der Waals surface area contributed by atoms with E-state index >= 15 is 0 Å². The molecule has 0 aliphatic heterocycles. The van der Waals surface area contributed by atoms with Gasteiger partial charge in [0.05, 0.1) is 23.6 Å². The molecule has 0 bridgehead atoms. The van der Waals surface area contributed by atoms with Crippen LogP contribution in [0, 0.1) is 12.7 Å². The Balaban J connectivity index is 1.55. The van der Waals surface area contributed by atoms with E-state index in [-0.39, 0.29) is 11.3 Å². The lowest BCUT2D eigenvalue weighted by atomic mass is 10.0. The number of halogens is 4. The fourth-order valence-corrected chi connectivity index (χ4v) is 4.49. The van der Waals surface area contributed by atoms with Crippen LogP contribution in [0.5, 0.6) is 0 Å². The highest BCUT2D eigenvalue weighted by molar-refractivity contribution is 7.85. The van der Waals surface area contributed by atoms with Crippen molar-refractivity contribution in [3.05, 3.63) is 89.0 Å². The van der Waals surface area contributed by atoms with E-state index in [1.54, 1.807) is 50.2 Å². The quantitative estimate of drug-likeness (QED) is 0.197. The largest absolute Gasteiger partial charge is 0.433 e. The Morgan fingerprint density at radius 3 is 2.44 bits per heavy atom. The second kappa shape index (κ2) is 9.73. The average Bonchev–Trinajstić information content (AvgIpc) is 3.31. The van der Waals surface area contributed by atoms with Gasteiger partial charge in [-0.05, 0) is 66.6 Å². The van der Waals surface area contributed by atoms with Crippen molar-refractivity contribution >= 4 is 33.4 Å². The maximum Gasteiger partial charge on any atom is 0.433 e. The van der Waals surface area contributed by atoms with Crippen molar-refractivity contribution in [2.45, 2.75) is 26.1 Å². The lowest BCUT2D eigenvalue weighted by Crippen LogP contribution is -2.27. The molecule has 0 aliphatic carbocycles. The van der Waals surface area contributed by atoms with Gasteiger partial charge in [0, 0.05) is 17.2 Å². The average molecular weight is 520 g/mol. The number of anilines is 1. The highest BCUT2D eigenvalue weighted by atomic mass is 32.2. The number of carbonyl (C=O) groups is 1. The molecule has 6 nitrogen and oxygen atoms in total. The number of aromatic nitrogens is 2. The van der Waals surface area contributed by atoms with E-state index in [1.165, 1.54) is 18.4 Å². The maximum atomic E-state index is 14.7. The van der Waals surface area contributed by atoms with E-state index < -0.39 is 40.6 Å². The molecule has 0 saturated carbocycles. The zero-order chi connectivity index (χ0) is 26.2. The molecule has 0 radical (unpaired) electrons. The predicted octanol–water partition coefficient (Wildman–Crippen LogP) is 5.64. The molecule has 4 rings (SSSR count). The van der Waals surface area contributed by atoms with Gasteiger partial charge in [0.1, 0.15) is 17.8 Å². The number of alkyl halides is 3. The Morgan fingerprint density at radius 1 is 1.06 bits per heavy atom. The molecule has 11 heteroatoms. The van der Waals surface area contributed by atoms with Crippen LogP contribution in [0.3, 0.4) is 0 Å². The first-order valence-corrected chi connectivity index (χ1v) is 12.6. The van der Waals surface area contributed by atoms with Crippen LogP contribution < -0.4 is 10.0 Å². The van der Waals surface area contributed by atoms with Gasteiger partial charge in [-0.3, -0.25) is 4.79 Å². The van der Waals surface area contributed by atoms with Gasteiger partial charge >= 0.3 is 6.18 Å². The number of thiol groups is 1. The minimum absolute atomic E-state index is 0.238. The Bertz CT molecular complexity index is 1480. The molecule has 4 aromatic rings. The van der Waals surface area contributed by atoms with Gasteiger partial charge in [0.2, 0.25) is 0 Å². The molecular weight excluding hydrogens is 496 g/mol. The topological polar surface area (TPSA) is 76.0 Å². The lowest BCUT2D eigenvalue weighted by Gasteiger charge is -2.17. The van der Waals surface area contributed by atoms with Gasteiger partial charge in [-0.2, -0.15) is 18.3 Å². The molecule has 1 aromatic heterocycles. The fraction of sp³-hybridized carbons (Fsp3) is 0.200. The molecule has 36 heavy (non-hydrogen) atoms. The predicted molar refractivity (Wildman–Crippen MR) is 132 cm³/mol. The van der Waals surface area contributed by atoms with E-state index in [0.29, 0.717) is 27.6 Å². The lowest BCUT2D eigenvalue weighted by molar-refractivity contribution is -0.142. The Morgan fingerprint density at radius 2 is 1.75 bits per heavy atom. The number of fused-ring (bicyclic) bond motifs is 1. The van der Waals surface area contributed by atoms with Crippen molar-refractivity contribution in [1.29, 1.82) is 0 Å². The van der Waals surface area contributed by atoms with Crippen molar-refractivity contribution in [3.63, 3.8) is 0 Å². The third-order valence-corrected chi connectivity index (χ3v) is 6.26. The number of aryl methyl sites for hydroxylation is 1. The zero-order valence-electron chi connectivity index (χ0n) is 19.5. The normalized spacial score (nSPS) is 13.4. The van der Waals surface area contributed by atoms with E-state index in [0.717, 1.165) is 16.9 Å². The second-order valence-corrected chi connectivity index (χ2v) is 9.58. The summed E-state index contributed by atoms with van der Waals surface area (Å²) >= 11 is 0. The SMILES string of the molecule is Cc1cc(C(C)NC(=O)c2ccc3cc(-n4nccc4C(F)(F)F)ccc3c2)c(F)cc1N[SH+](C)=O. The zero-order valence-corrected chi connectivity index (χ0v) is 20.4. The number of carbonyl (C=O) groups excluding carboxylic acids is 1. The monoisotopic (exact) mass is 519 g/mol. The van der Waals surface area contributed by atoms with Crippen molar-refractivity contribution < 1.29 is 26.6 Å². The van der Waals surface area contributed by atoms with Crippen molar-refractivity contribution in [1.82, 2.24) is 15.1 Å². The number of benzene rings is 3. The summed E-state index contributed by atoms with van der Waals surface area (Å²) in [5.41, 5.74) is 1.05. The molecule has 3 aromatic carbocycles. The van der Waals surface area contributed by atoms with Gasteiger partial charge in [-0.25, -0.2) is 13.8 Å². The number of nitrogens with one attached hydrogen (secondary N) is 2. The van der Waals surface area contributed by atoms with Crippen LogP contribution in [0.4, 0.5) is 23.2 Å². The molecular formula is C25H23F4N4O2S+. The Labute approximate surface area is 206 Å². The van der Waals surface area contributed by atoms with Crippen LogP contribution in [0.15, 0.2) is 60.8 Å². The molecule has 2 atom stereocenters. The van der Waals surface area contributed by atoms with Gasteiger partial charge in [-0.1, -0.05) is 16.3 Å². The van der Waals surface area contributed by atoms with Crippen LogP contribution >= 0.6 is 0 Å². The maximum absolute atomic E-state index is 14.7. The van der Waals surface area contributed by atoms with Crippen LogP contribution in [0.2, 0.25) is 0 Å². The Hall–Kier alpha value is -3.73. The van der Waals surface area contributed by atoms with Crippen LogP contribution in [-0.2, 0) is 21.4 Å². The summed E-state index contributed by atoms with van der Waals surface area (Å²) in [5, 5.41) is 7.82. The number of rotatable bonds is 6. The number of hydrogen-bond acceptors (Lipinski definition) is 3. The van der Waals surface area contributed by atoms with Crippen molar-refractivity contribution in [2.75, 3.05) is 11.0 Å². The summed E-state index contributed by atoms with van der Waals surface area (Å²) in [6.07, 6.45) is -1.99. The van der Waals surface area contributed by atoms with Gasteiger partial charge in [0.15, 0.2) is 11.0 Å². The summed E-state index contributed by atoms with van der Waals surface area (Å²) in [6, 6.07) is 12.5. The Kier molecular flexibility index (Phi) is 6.85. The van der Waals surface area contributed by atoms with Crippen LogP contribution in [-0.4, -0.2) is 21.9 Å². The standard InChI is InChI=1S/C25H22F4N4O2S/c1-14-10-20(21(26)13-22(14)32-36(3)35)15(2)31-24(34)18-5-4-17-12-19(7-6-16(17)11-18)33-23(8-9-30-33)25(27,28)29/h4-13,15H,1-3H3,(H,31,34)(H,32,35)/p+1. The van der Waals surface area contributed by atoms with Gasteiger partial charge in [0.25, 0.3) is 5.91 Å². The molecule has 188 valence electrons. The molecule has 1 amide bonds. The van der Waals surface area contributed by atoms with Crippen LogP contribution in [0.25, 0.3) is 16.5 Å². The minimum Gasteiger partial charge on any atom is -0.345 e. The molecule has 0 spiro atoms. The van der Waals surface area contributed by atoms with Gasteiger partial charge < -0.3 is 5.32 Å². The fourth-order valence-electron chi connectivity index (χ4n) is 3.91. The summed E-state index contributed by atoms with van der Waals surface area (Å²) in [7, 11) is -1.70. The highest BCUT2D eigenvalue weighted by Crippen LogP contribution is 2.31. The third-order valence-electron chi connectivity index (χ3n) is 5.70. The number of amides is 1.